The van der Waals surface area contributed by atoms with Gasteiger partial charge in [0.2, 0.25) is 5.91 Å². The lowest BCUT2D eigenvalue weighted by atomic mass is 10.3. The Morgan fingerprint density at radius 3 is 2.36 bits per heavy atom. The SMILES string of the molecule is CN1CCN(C(=O)CNN(C)C)CC1. The van der Waals surface area contributed by atoms with Crippen molar-refractivity contribution in [1.82, 2.24) is 20.2 Å². The molecule has 0 aromatic rings. The second-order valence-electron chi connectivity index (χ2n) is 3.91. The van der Waals surface area contributed by atoms with Crippen molar-refractivity contribution >= 4 is 5.91 Å². The van der Waals surface area contributed by atoms with E-state index in [4.69, 9.17) is 0 Å². The highest BCUT2D eigenvalue weighted by atomic mass is 16.2. The summed E-state index contributed by atoms with van der Waals surface area (Å²) in [4.78, 5) is 15.8. The lowest BCUT2D eigenvalue weighted by Crippen LogP contribution is -2.50. The van der Waals surface area contributed by atoms with Crippen LogP contribution in [0.3, 0.4) is 0 Å². The van der Waals surface area contributed by atoms with Crippen LogP contribution in [0.2, 0.25) is 0 Å². The Kier molecular flexibility index (Phi) is 4.31. The highest BCUT2D eigenvalue weighted by Crippen LogP contribution is 1.98. The Labute approximate surface area is 85.6 Å². The molecule has 1 amide bonds. The van der Waals surface area contributed by atoms with Gasteiger partial charge in [-0.15, -0.1) is 0 Å². The summed E-state index contributed by atoms with van der Waals surface area (Å²) in [6.07, 6.45) is 0. The number of likely N-dealkylation sites (N-methyl/N-ethyl adjacent to an activating group) is 1. The summed E-state index contributed by atoms with van der Waals surface area (Å²) in [5.74, 6) is 0.187. The molecule has 0 saturated carbocycles. The number of hydrogen-bond donors (Lipinski definition) is 1. The van der Waals surface area contributed by atoms with Gasteiger partial charge in [0.15, 0.2) is 0 Å². The van der Waals surface area contributed by atoms with Gasteiger partial charge in [-0.05, 0) is 7.05 Å². The molecule has 82 valence electrons. The number of nitrogens with one attached hydrogen (secondary N) is 1. The van der Waals surface area contributed by atoms with E-state index in [0.717, 1.165) is 26.2 Å². The Balaban J connectivity index is 2.24. The highest BCUT2D eigenvalue weighted by Gasteiger charge is 2.18. The van der Waals surface area contributed by atoms with Gasteiger partial charge in [-0.25, -0.2) is 5.43 Å². The molecule has 1 aliphatic rings. The molecule has 5 heteroatoms. The quantitative estimate of drug-likeness (QED) is 0.583. The number of hydrogen-bond acceptors (Lipinski definition) is 4. The molecule has 1 saturated heterocycles. The molecule has 0 atom stereocenters. The van der Waals surface area contributed by atoms with E-state index in [-0.39, 0.29) is 5.91 Å². The molecule has 1 aliphatic heterocycles. The molecule has 1 heterocycles. The van der Waals surface area contributed by atoms with Crippen LogP contribution in [-0.4, -0.2) is 74.6 Å². The predicted molar refractivity (Wildman–Crippen MR) is 55.8 cm³/mol. The van der Waals surface area contributed by atoms with E-state index >= 15 is 0 Å². The van der Waals surface area contributed by atoms with E-state index in [1.807, 2.05) is 19.0 Å². The molecular formula is C9H20N4O. The summed E-state index contributed by atoms with van der Waals surface area (Å²) in [5, 5.41) is 1.80. The molecule has 0 unspecified atom stereocenters. The van der Waals surface area contributed by atoms with E-state index in [1.54, 1.807) is 5.01 Å². The Hall–Kier alpha value is -0.650. The summed E-state index contributed by atoms with van der Waals surface area (Å²) < 4.78 is 0. The first-order valence-electron chi connectivity index (χ1n) is 4.96. The fourth-order valence-corrected chi connectivity index (χ4v) is 1.39. The number of rotatable bonds is 3. The number of carbonyl (C=O) groups excluding carboxylic acids is 1. The zero-order valence-electron chi connectivity index (χ0n) is 9.29. The van der Waals surface area contributed by atoms with E-state index in [2.05, 4.69) is 17.4 Å². The molecule has 1 rings (SSSR count). The molecule has 0 bridgehead atoms. The molecule has 0 spiro atoms. The van der Waals surface area contributed by atoms with Crippen LogP contribution >= 0.6 is 0 Å². The zero-order valence-corrected chi connectivity index (χ0v) is 9.29. The van der Waals surface area contributed by atoms with Crippen molar-refractivity contribution in [2.24, 2.45) is 0 Å². The van der Waals surface area contributed by atoms with Crippen LogP contribution in [0.15, 0.2) is 0 Å². The van der Waals surface area contributed by atoms with E-state index < -0.39 is 0 Å². The third-order valence-electron chi connectivity index (χ3n) is 2.40. The molecule has 1 N–H and O–H groups in total. The third kappa shape index (κ3) is 3.61. The topological polar surface area (TPSA) is 38.8 Å². The van der Waals surface area contributed by atoms with Crippen molar-refractivity contribution in [3.63, 3.8) is 0 Å². The molecule has 1 fully saturated rings. The van der Waals surface area contributed by atoms with E-state index in [0.29, 0.717) is 6.54 Å². The maximum Gasteiger partial charge on any atom is 0.238 e. The maximum atomic E-state index is 11.6. The number of nitrogens with zero attached hydrogens (tertiary/aromatic N) is 3. The number of amides is 1. The van der Waals surface area contributed by atoms with Gasteiger partial charge in [-0.1, -0.05) is 0 Å². The molecular weight excluding hydrogens is 180 g/mol. The molecule has 0 aromatic heterocycles. The van der Waals surface area contributed by atoms with Gasteiger partial charge in [-0.3, -0.25) is 9.80 Å². The van der Waals surface area contributed by atoms with Gasteiger partial charge in [-0.2, -0.15) is 0 Å². The van der Waals surface area contributed by atoms with Crippen molar-refractivity contribution in [3.05, 3.63) is 0 Å². The van der Waals surface area contributed by atoms with Gasteiger partial charge in [0, 0.05) is 40.3 Å². The van der Waals surface area contributed by atoms with Crippen molar-refractivity contribution < 1.29 is 4.79 Å². The summed E-state index contributed by atoms with van der Waals surface area (Å²) in [6.45, 7) is 4.06. The largest absolute Gasteiger partial charge is 0.339 e. The molecule has 0 aliphatic carbocycles. The minimum absolute atomic E-state index is 0.187. The van der Waals surface area contributed by atoms with Gasteiger partial charge in [0.25, 0.3) is 0 Å². The average molecular weight is 200 g/mol. The van der Waals surface area contributed by atoms with Crippen molar-refractivity contribution in [2.75, 3.05) is 53.9 Å². The third-order valence-corrected chi connectivity index (χ3v) is 2.40. The fraction of sp³-hybridized carbons (Fsp3) is 0.889. The smallest absolute Gasteiger partial charge is 0.238 e. The monoisotopic (exact) mass is 200 g/mol. The van der Waals surface area contributed by atoms with Gasteiger partial charge in [0.1, 0.15) is 0 Å². The normalized spacial score (nSPS) is 19.0. The zero-order chi connectivity index (χ0) is 10.6. The van der Waals surface area contributed by atoms with Crippen molar-refractivity contribution in [2.45, 2.75) is 0 Å². The predicted octanol–water partition coefficient (Wildman–Crippen LogP) is -1.17. The van der Waals surface area contributed by atoms with Gasteiger partial charge < -0.3 is 9.80 Å². The number of hydrazine groups is 1. The maximum absolute atomic E-state index is 11.6. The summed E-state index contributed by atoms with van der Waals surface area (Å²) >= 11 is 0. The average Bonchev–Trinajstić information content (AvgIpc) is 2.15. The number of piperazine rings is 1. The van der Waals surface area contributed by atoms with Crippen LogP contribution in [0, 0.1) is 0 Å². The van der Waals surface area contributed by atoms with Crippen LogP contribution < -0.4 is 5.43 Å². The first kappa shape index (κ1) is 11.4. The molecule has 14 heavy (non-hydrogen) atoms. The summed E-state index contributed by atoms with van der Waals surface area (Å²) in [7, 11) is 5.86. The second-order valence-corrected chi connectivity index (χ2v) is 3.91. The van der Waals surface area contributed by atoms with Crippen LogP contribution in [0.25, 0.3) is 0 Å². The fourth-order valence-electron chi connectivity index (χ4n) is 1.39. The minimum atomic E-state index is 0.187. The minimum Gasteiger partial charge on any atom is -0.339 e. The Bertz CT molecular complexity index is 187. The molecule has 0 radical (unpaired) electrons. The highest BCUT2D eigenvalue weighted by molar-refractivity contribution is 5.78. The summed E-state index contributed by atoms with van der Waals surface area (Å²) in [5.41, 5.74) is 2.98. The van der Waals surface area contributed by atoms with Gasteiger partial charge in [0.05, 0.1) is 6.54 Å². The van der Waals surface area contributed by atoms with Crippen molar-refractivity contribution in [3.8, 4) is 0 Å². The van der Waals surface area contributed by atoms with Gasteiger partial charge >= 0.3 is 0 Å². The van der Waals surface area contributed by atoms with E-state index in [9.17, 15) is 4.79 Å². The van der Waals surface area contributed by atoms with Crippen LogP contribution in [-0.2, 0) is 4.79 Å². The molecule has 0 aromatic carbocycles. The summed E-state index contributed by atoms with van der Waals surface area (Å²) in [6, 6.07) is 0. The van der Waals surface area contributed by atoms with Crippen LogP contribution in [0.5, 0.6) is 0 Å². The lowest BCUT2D eigenvalue weighted by Gasteiger charge is -2.32. The Morgan fingerprint density at radius 2 is 1.86 bits per heavy atom. The first-order chi connectivity index (χ1) is 6.59. The lowest BCUT2D eigenvalue weighted by molar-refractivity contribution is -0.132. The van der Waals surface area contributed by atoms with Crippen molar-refractivity contribution in [1.29, 1.82) is 0 Å². The van der Waals surface area contributed by atoms with Crippen LogP contribution in [0.1, 0.15) is 0 Å². The first-order valence-corrected chi connectivity index (χ1v) is 4.96. The molecule has 5 nitrogen and oxygen atoms in total. The van der Waals surface area contributed by atoms with Crippen LogP contribution in [0.4, 0.5) is 0 Å². The van der Waals surface area contributed by atoms with E-state index in [1.165, 1.54) is 0 Å². The Morgan fingerprint density at radius 1 is 1.29 bits per heavy atom. The second kappa shape index (κ2) is 5.29. The standard InChI is InChI=1S/C9H20N4O/c1-11(2)10-8-9(14)13-6-4-12(3)5-7-13/h10H,4-8H2,1-3H3. The number of carbonyl (C=O) groups is 1.